The van der Waals surface area contributed by atoms with Crippen LogP contribution in [0.4, 0.5) is 13.2 Å². The van der Waals surface area contributed by atoms with Crippen LogP contribution in [0.15, 0.2) is 12.1 Å². The van der Waals surface area contributed by atoms with Gasteiger partial charge >= 0.3 is 6.18 Å². The van der Waals surface area contributed by atoms with Gasteiger partial charge in [0.05, 0.1) is 5.56 Å². The monoisotopic (exact) mass is 212 g/mol. The summed E-state index contributed by atoms with van der Waals surface area (Å²) in [5.74, 6) is 2.28. The van der Waals surface area contributed by atoms with Crippen molar-refractivity contribution in [3.63, 3.8) is 0 Å². The highest BCUT2D eigenvalue weighted by atomic mass is 19.4. The lowest BCUT2D eigenvalue weighted by Gasteiger charge is -2.13. The molecule has 0 aliphatic rings. The van der Waals surface area contributed by atoms with Crippen LogP contribution in [0.3, 0.4) is 0 Å². The zero-order valence-electron chi connectivity index (χ0n) is 8.57. The van der Waals surface area contributed by atoms with Gasteiger partial charge in [-0.1, -0.05) is 12.8 Å². The maximum Gasteiger partial charge on any atom is 0.416 e. The van der Waals surface area contributed by atoms with E-state index >= 15 is 0 Å². The van der Waals surface area contributed by atoms with Crippen LogP contribution in [0.1, 0.15) is 29.2 Å². The molecular formula is C12H11F3. The van der Waals surface area contributed by atoms with Crippen molar-refractivity contribution in [3.05, 3.63) is 34.4 Å². The molecule has 15 heavy (non-hydrogen) atoms. The zero-order chi connectivity index (χ0) is 11.6. The molecule has 1 aromatic rings. The number of halogens is 3. The van der Waals surface area contributed by atoms with Gasteiger partial charge in [-0.3, -0.25) is 0 Å². The Morgan fingerprint density at radius 3 is 2.33 bits per heavy atom. The Hall–Kier alpha value is -1.43. The summed E-state index contributed by atoms with van der Waals surface area (Å²) in [6, 6.07) is 2.79. The highest BCUT2D eigenvalue weighted by Gasteiger charge is 2.33. The lowest BCUT2D eigenvalue weighted by atomic mass is 9.97. The van der Waals surface area contributed by atoms with Crippen molar-refractivity contribution in [2.45, 2.75) is 26.4 Å². The molecule has 0 aromatic heterocycles. The van der Waals surface area contributed by atoms with Crippen molar-refractivity contribution in [1.82, 2.24) is 0 Å². The number of alkyl halides is 3. The Morgan fingerprint density at radius 1 is 1.33 bits per heavy atom. The molecular weight excluding hydrogens is 201 g/mol. The molecule has 3 heteroatoms. The third kappa shape index (κ3) is 2.33. The molecule has 0 atom stereocenters. The molecule has 0 unspecified atom stereocenters. The van der Waals surface area contributed by atoms with Gasteiger partial charge in [0.2, 0.25) is 0 Å². The second kappa shape index (κ2) is 3.98. The van der Waals surface area contributed by atoms with E-state index in [4.69, 9.17) is 6.42 Å². The largest absolute Gasteiger partial charge is 0.416 e. The molecule has 0 N–H and O–H groups in total. The third-order valence-corrected chi connectivity index (χ3v) is 2.34. The summed E-state index contributed by atoms with van der Waals surface area (Å²) in [4.78, 5) is 0. The minimum atomic E-state index is -4.33. The third-order valence-electron chi connectivity index (χ3n) is 2.34. The first-order valence-corrected chi connectivity index (χ1v) is 4.57. The topological polar surface area (TPSA) is 0 Å². The normalized spacial score (nSPS) is 11.2. The number of hydrogen-bond donors (Lipinski definition) is 0. The van der Waals surface area contributed by atoms with Crippen molar-refractivity contribution in [1.29, 1.82) is 0 Å². The predicted octanol–water partition coefficient (Wildman–Crippen LogP) is 3.56. The van der Waals surface area contributed by atoms with Gasteiger partial charge in [-0.15, -0.1) is 6.42 Å². The van der Waals surface area contributed by atoms with Gasteiger partial charge < -0.3 is 0 Å². The van der Waals surface area contributed by atoms with E-state index in [1.807, 2.05) is 0 Å². The number of hydrogen-bond acceptors (Lipinski definition) is 0. The maximum absolute atomic E-state index is 12.6. The summed E-state index contributed by atoms with van der Waals surface area (Å²) in [6.07, 6.45) is 1.38. The van der Waals surface area contributed by atoms with Gasteiger partial charge in [0.1, 0.15) is 0 Å². The molecule has 0 spiro atoms. The number of rotatable bonds is 1. The first-order valence-electron chi connectivity index (χ1n) is 4.57. The van der Waals surface area contributed by atoms with Crippen molar-refractivity contribution >= 4 is 0 Å². The molecule has 1 aromatic carbocycles. The highest BCUT2D eigenvalue weighted by Crippen LogP contribution is 2.33. The minimum Gasteiger partial charge on any atom is -0.166 e. The van der Waals surface area contributed by atoms with Gasteiger partial charge in [-0.25, -0.2) is 0 Å². The summed E-state index contributed by atoms with van der Waals surface area (Å²) >= 11 is 0. The van der Waals surface area contributed by atoms with Crippen LogP contribution in [0.2, 0.25) is 0 Å². The van der Waals surface area contributed by atoms with Crippen LogP contribution in [0.5, 0.6) is 0 Å². The average Bonchev–Trinajstić information content (AvgIpc) is 2.16. The van der Waals surface area contributed by atoms with Gasteiger partial charge in [-0.05, 0) is 36.6 Å². The molecule has 0 aliphatic heterocycles. The summed E-state index contributed by atoms with van der Waals surface area (Å²) in [6.45, 7) is 3.20. The molecule has 0 saturated carbocycles. The summed E-state index contributed by atoms with van der Waals surface area (Å²) in [7, 11) is 0. The van der Waals surface area contributed by atoms with E-state index < -0.39 is 11.7 Å². The minimum absolute atomic E-state index is 0.127. The smallest absolute Gasteiger partial charge is 0.166 e. The SMILES string of the molecule is C#Cc1cc(CC)cc(C(F)(F)F)c1C. The molecule has 0 bridgehead atoms. The van der Waals surface area contributed by atoms with Crippen LogP contribution >= 0.6 is 0 Å². The Labute approximate surface area is 87.1 Å². The Morgan fingerprint density at radius 2 is 1.93 bits per heavy atom. The van der Waals surface area contributed by atoms with Crippen LogP contribution in [-0.2, 0) is 12.6 Å². The first kappa shape index (κ1) is 11.6. The lowest BCUT2D eigenvalue weighted by molar-refractivity contribution is -0.138. The number of aryl methyl sites for hydroxylation is 1. The number of benzene rings is 1. The van der Waals surface area contributed by atoms with E-state index in [2.05, 4.69) is 5.92 Å². The lowest BCUT2D eigenvalue weighted by Crippen LogP contribution is -2.09. The molecule has 0 saturated heterocycles. The van der Waals surface area contributed by atoms with Crippen molar-refractivity contribution in [3.8, 4) is 12.3 Å². The zero-order valence-corrected chi connectivity index (χ0v) is 8.57. The Kier molecular flexibility index (Phi) is 3.09. The van der Waals surface area contributed by atoms with Gasteiger partial charge in [0.15, 0.2) is 0 Å². The fourth-order valence-corrected chi connectivity index (χ4v) is 1.42. The second-order valence-corrected chi connectivity index (χ2v) is 3.31. The van der Waals surface area contributed by atoms with Gasteiger partial charge in [0, 0.05) is 5.56 Å². The predicted molar refractivity (Wildman–Crippen MR) is 53.5 cm³/mol. The summed E-state index contributed by atoms with van der Waals surface area (Å²) < 4.78 is 37.8. The number of terminal acetylenes is 1. The second-order valence-electron chi connectivity index (χ2n) is 3.31. The quantitative estimate of drug-likeness (QED) is 0.624. The van der Waals surface area contributed by atoms with E-state index in [0.717, 1.165) is 6.07 Å². The van der Waals surface area contributed by atoms with E-state index in [1.54, 1.807) is 13.0 Å². The van der Waals surface area contributed by atoms with Gasteiger partial charge in [0.25, 0.3) is 0 Å². The van der Waals surface area contributed by atoms with Crippen LogP contribution in [-0.4, -0.2) is 0 Å². The van der Waals surface area contributed by atoms with Crippen LogP contribution in [0, 0.1) is 19.3 Å². The molecule has 0 amide bonds. The molecule has 0 aliphatic carbocycles. The van der Waals surface area contributed by atoms with E-state index in [1.165, 1.54) is 6.92 Å². The molecule has 80 valence electrons. The van der Waals surface area contributed by atoms with Crippen molar-refractivity contribution in [2.75, 3.05) is 0 Å². The van der Waals surface area contributed by atoms with Crippen LogP contribution < -0.4 is 0 Å². The molecule has 1 rings (SSSR count). The van der Waals surface area contributed by atoms with E-state index in [9.17, 15) is 13.2 Å². The first-order chi connectivity index (χ1) is 6.90. The fourth-order valence-electron chi connectivity index (χ4n) is 1.42. The van der Waals surface area contributed by atoms with Crippen molar-refractivity contribution in [2.24, 2.45) is 0 Å². The standard InChI is InChI=1S/C12H11F3/c1-4-9-6-10(5-2)8(3)11(7-9)12(13,14)15/h2,6-7H,4H2,1,3H3. The average molecular weight is 212 g/mol. The maximum atomic E-state index is 12.6. The molecule has 0 nitrogen and oxygen atoms in total. The molecule has 0 fully saturated rings. The van der Waals surface area contributed by atoms with Crippen LogP contribution in [0.25, 0.3) is 0 Å². The highest BCUT2D eigenvalue weighted by molar-refractivity contribution is 5.47. The van der Waals surface area contributed by atoms with E-state index in [0.29, 0.717) is 17.5 Å². The van der Waals surface area contributed by atoms with Gasteiger partial charge in [-0.2, -0.15) is 13.2 Å². The summed E-state index contributed by atoms with van der Waals surface area (Å²) in [5.41, 5.74) is 0.430. The summed E-state index contributed by atoms with van der Waals surface area (Å²) in [5, 5.41) is 0. The van der Waals surface area contributed by atoms with E-state index in [-0.39, 0.29) is 5.56 Å². The van der Waals surface area contributed by atoms with Crippen molar-refractivity contribution < 1.29 is 13.2 Å². The fraction of sp³-hybridized carbons (Fsp3) is 0.333. The molecule has 0 radical (unpaired) electrons. The Bertz CT molecular complexity index is 408. The Balaban J connectivity index is 3.46. The molecule has 0 heterocycles.